The highest BCUT2D eigenvalue weighted by molar-refractivity contribution is 7.89. The van der Waals surface area contributed by atoms with Crippen LogP contribution in [-0.2, 0) is 16.6 Å². The Kier molecular flexibility index (Phi) is 6.97. The van der Waals surface area contributed by atoms with Crippen molar-refractivity contribution in [3.8, 4) is 0 Å². The summed E-state index contributed by atoms with van der Waals surface area (Å²) in [6, 6.07) is 9.61. The summed E-state index contributed by atoms with van der Waals surface area (Å²) in [5.74, 6) is -0.879. The quantitative estimate of drug-likeness (QED) is 0.713. The Morgan fingerprint density at radius 3 is 2.29 bits per heavy atom. The summed E-state index contributed by atoms with van der Waals surface area (Å²) in [5, 5.41) is 1.99. The topological polar surface area (TPSA) is 66.5 Å². The maximum atomic E-state index is 12.7. The van der Waals surface area contributed by atoms with E-state index in [1.54, 1.807) is 5.32 Å². The fourth-order valence-corrected chi connectivity index (χ4v) is 4.12. The zero-order valence-corrected chi connectivity index (χ0v) is 16.8. The molecule has 0 aromatic heterocycles. The van der Waals surface area contributed by atoms with Crippen LogP contribution < -0.4 is 5.32 Å². The number of hydrogen-bond acceptors (Lipinski definition) is 3. The maximum Gasteiger partial charge on any atom is 0.405 e. The highest BCUT2D eigenvalue weighted by Crippen LogP contribution is 2.28. The maximum absolute atomic E-state index is 12.7. The van der Waals surface area contributed by atoms with Crippen molar-refractivity contribution in [1.82, 2.24) is 9.62 Å². The summed E-state index contributed by atoms with van der Waals surface area (Å²) in [5.41, 5.74) is 0.549. The van der Waals surface area contributed by atoms with Gasteiger partial charge in [-0.25, -0.2) is 8.42 Å². The lowest BCUT2D eigenvalue weighted by molar-refractivity contribution is -0.123. The lowest BCUT2D eigenvalue weighted by atomic mass is 10.1. The number of halogens is 5. The van der Waals surface area contributed by atoms with Gasteiger partial charge in [-0.1, -0.05) is 35.3 Å². The molecule has 5 nitrogen and oxygen atoms in total. The largest absolute Gasteiger partial charge is 0.405 e. The molecule has 0 atom stereocenters. The average molecular weight is 455 g/mol. The van der Waals surface area contributed by atoms with E-state index in [-0.39, 0.29) is 27.0 Å². The first-order valence-corrected chi connectivity index (χ1v) is 9.95. The van der Waals surface area contributed by atoms with Crippen molar-refractivity contribution < 1.29 is 26.4 Å². The minimum atomic E-state index is -4.51. The van der Waals surface area contributed by atoms with Gasteiger partial charge in [-0.2, -0.15) is 17.5 Å². The number of carbonyl (C=O) groups is 1. The summed E-state index contributed by atoms with van der Waals surface area (Å²) < 4.78 is 62.8. The number of nitrogens with one attached hydrogen (secondary N) is 1. The van der Waals surface area contributed by atoms with Crippen LogP contribution in [0.1, 0.15) is 15.9 Å². The number of alkyl halides is 3. The molecule has 28 heavy (non-hydrogen) atoms. The van der Waals surface area contributed by atoms with E-state index in [1.165, 1.54) is 49.5 Å². The number of sulfonamides is 1. The van der Waals surface area contributed by atoms with Gasteiger partial charge in [-0.05, 0) is 35.9 Å². The first kappa shape index (κ1) is 22.5. The van der Waals surface area contributed by atoms with Gasteiger partial charge in [0.25, 0.3) is 5.91 Å². The van der Waals surface area contributed by atoms with Crippen LogP contribution in [0, 0.1) is 0 Å². The zero-order valence-electron chi connectivity index (χ0n) is 14.4. The highest BCUT2D eigenvalue weighted by Gasteiger charge is 2.28. The Bertz CT molecular complexity index is 965. The molecule has 1 N–H and O–H groups in total. The van der Waals surface area contributed by atoms with Gasteiger partial charge in [0.15, 0.2) is 0 Å². The average Bonchev–Trinajstić information content (AvgIpc) is 2.61. The number of amides is 1. The SMILES string of the molecule is CN(Cc1ccc(C(=O)NCC(F)(F)F)cc1)S(=O)(=O)c1cc(Cl)ccc1Cl. The highest BCUT2D eigenvalue weighted by atomic mass is 35.5. The van der Waals surface area contributed by atoms with E-state index in [4.69, 9.17) is 23.2 Å². The van der Waals surface area contributed by atoms with Crippen molar-refractivity contribution in [1.29, 1.82) is 0 Å². The molecule has 0 fully saturated rings. The molecule has 0 aliphatic carbocycles. The molecule has 0 aliphatic heterocycles. The van der Waals surface area contributed by atoms with Crippen molar-refractivity contribution >= 4 is 39.1 Å². The minimum absolute atomic E-state index is 0.0212. The van der Waals surface area contributed by atoms with Crippen LogP contribution >= 0.6 is 23.2 Å². The second-order valence-corrected chi connectivity index (χ2v) is 8.69. The smallest absolute Gasteiger partial charge is 0.343 e. The van der Waals surface area contributed by atoms with Crippen molar-refractivity contribution in [2.75, 3.05) is 13.6 Å². The summed E-state index contributed by atoms with van der Waals surface area (Å²) in [6.45, 7) is -1.48. The standard InChI is InChI=1S/C17H15Cl2F3N2O3S/c1-24(28(26,27)15-8-13(18)6-7-14(15)19)9-11-2-4-12(5-3-11)16(25)23-10-17(20,21)22/h2-8H,9-10H2,1H3,(H,23,25). The molecule has 0 unspecified atom stereocenters. The fraction of sp³-hybridized carbons (Fsp3) is 0.235. The normalized spacial score (nSPS) is 12.2. The molecule has 0 saturated carbocycles. The van der Waals surface area contributed by atoms with Crippen molar-refractivity contribution in [2.24, 2.45) is 0 Å². The molecule has 1 amide bonds. The molecular weight excluding hydrogens is 440 g/mol. The van der Waals surface area contributed by atoms with Gasteiger partial charge in [0.05, 0.1) is 5.02 Å². The van der Waals surface area contributed by atoms with E-state index in [9.17, 15) is 26.4 Å². The summed E-state index contributed by atoms with van der Waals surface area (Å²) >= 11 is 11.8. The van der Waals surface area contributed by atoms with Gasteiger partial charge in [0.2, 0.25) is 10.0 Å². The lowest BCUT2D eigenvalue weighted by Gasteiger charge is -2.18. The Morgan fingerprint density at radius 2 is 1.71 bits per heavy atom. The summed E-state index contributed by atoms with van der Waals surface area (Å²) in [6.07, 6.45) is -4.51. The molecular formula is C17H15Cl2F3N2O3S. The van der Waals surface area contributed by atoms with Gasteiger partial charge in [-0.15, -0.1) is 0 Å². The number of benzene rings is 2. The predicted octanol–water partition coefficient (Wildman–Crippen LogP) is 4.11. The van der Waals surface area contributed by atoms with E-state index >= 15 is 0 Å². The summed E-state index contributed by atoms with van der Waals surface area (Å²) in [7, 11) is -2.59. The molecule has 0 radical (unpaired) electrons. The minimum Gasteiger partial charge on any atom is -0.343 e. The second kappa shape index (κ2) is 8.69. The molecule has 152 valence electrons. The van der Waals surface area contributed by atoms with Crippen LogP contribution in [0.25, 0.3) is 0 Å². The molecule has 2 rings (SSSR count). The number of carbonyl (C=O) groups excluding carboxylic acids is 1. The van der Waals surface area contributed by atoms with Crippen molar-refractivity contribution in [3.63, 3.8) is 0 Å². The molecule has 0 saturated heterocycles. The summed E-state index contributed by atoms with van der Waals surface area (Å²) in [4.78, 5) is 11.5. The van der Waals surface area contributed by atoms with Crippen LogP contribution in [0.15, 0.2) is 47.4 Å². The van der Waals surface area contributed by atoms with Crippen LogP contribution in [-0.4, -0.2) is 38.4 Å². The van der Waals surface area contributed by atoms with Gasteiger partial charge in [0, 0.05) is 24.2 Å². The van der Waals surface area contributed by atoms with E-state index in [1.807, 2.05) is 0 Å². The van der Waals surface area contributed by atoms with Crippen LogP contribution in [0.2, 0.25) is 10.0 Å². The third kappa shape index (κ3) is 5.84. The van der Waals surface area contributed by atoms with Gasteiger partial charge in [-0.3, -0.25) is 4.79 Å². The monoisotopic (exact) mass is 454 g/mol. The molecule has 2 aromatic rings. The Morgan fingerprint density at radius 1 is 1.11 bits per heavy atom. The fourth-order valence-electron chi connectivity index (χ4n) is 2.23. The molecule has 0 spiro atoms. The predicted molar refractivity (Wildman–Crippen MR) is 99.9 cm³/mol. The molecule has 0 aliphatic rings. The van der Waals surface area contributed by atoms with Gasteiger partial charge >= 0.3 is 6.18 Å². The van der Waals surface area contributed by atoms with E-state index in [2.05, 4.69) is 0 Å². The Labute approximate surface area is 170 Å². The number of nitrogens with zero attached hydrogens (tertiary/aromatic N) is 1. The van der Waals surface area contributed by atoms with E-state index < -0.39 is 28.7 Å². The lowest BCUT2D eigenvalue weighted by Crippen LogP contribution is -2.33. The Balaban J connectivity index is 2.11. The molecule has 2 aromatic carbocycles. The zero-order chi connectivity index (χ0) is 21.1. The molecule has 0 bridgehead atoms. The molecule has 0 heterocycles. The second-order valence-electron chi connectivity index (χ2n) is 5.83. The van der Waals surface area contributed by atoms with Crippen LogP contribution in [0.4, 0.5) is 13.2 Å². The first-order valence-electron chi connectivity index (χ1n) is 7.75. The van der Waals surface area contributed by atoms with Gasteiger partial charge < -0.3 is 5.32 Å². The van der Waals surface area contributed by atoms with Crippen LogP contribution in [0.3, 0.4) is 0 Å². The van der Waals surface area contributed by atoms with Crippen molar-refractivity contribution in [3.05, 3.63) is 63.6 Å². The van der Waals surface area contributed by atoms with E-state index in [0.717, 1.165) is 4.31 Å². The molecule has 11 heteroatoms. The number of rotatable bonds is 6. The van der Waals surface area contributed by atoms with Gasteiger partial charge in [0.1, 0.15) is 11.4 Å². The van der Waals surface area contributed by atoms with Crippen molar-refractivity contribution in [2.45, 2.75) is 17.6 Å². The van der Waals surface area contributed by atoms with Crippen LogP contribution in [0.5, 0.6) is 0 Å². The Hall–Kier alpha value is -1.81. The third-order valence-corrected chi connectivity index (χ3v) is 6.17. The van der Waals surface area contributed by atoms with E-state index in [0.29, 0.717) is 5.56 Å². The number of hydrogen-bond donors (Lipinski definition) is 1. The third-order valence-electron chi connectivity index (χ3n) is 3.65. The first-order chi connectivity index (χ1) is 12.9.